The molecular formula is C13H13F3O. The van der Waals surface area contributed by atoms with Crippen molar-refractivity contribution in [3.8, 4) is 0 Å². The molecule has 2 rings (SSSR count). The van der Waals surface area contributed by atoms with E-state index in [1.54, 1.807) is 30.3 Å². The molecule has 1 fully saturated rings. The van der Waals surface area contributed by atoms with Crippen LogP contribution in [0.5, 0.6) is 0 Å². The molecule has 0 saturated heterocycles. The molecule has 0 spiro atoms. The Bertz CT molecular complexity index is 402. The lowest BCUT2D eigenvalue weighted by Gasteiger charge is -2.28. The van der Waals surface area contributed by atoms with E-state index < -0.39 is 17.4 Å². The maximum Gasteiger partial charge on any atom is 0.450 e. The Labute approximate surface area is 97.6 Å². The van der Waals surface area contributed by atoms with E-state index in [2.05, 4.69) is 0 Å². The van der Waals surface area contributed by atoms with E-state index in [4.69, 9.17) is 0 Å². The molecule has 0 aliphatic heterocycles. The summed E-state index contributed by atoms with van der Waals surface area (Å²) in [6.07, 6.45) is -2.79. The number of hydrogen-bond donors (Lipinski definition) is 0. The topological polar surface area (TPSA) is 17.1 Å². The fourth-order valence-corrected chi connectivity index (χ4v) is 2.65. The second kappa shape index (κ2) is 4.17. The summed E-state index contributed by atoms with van der Waals surface area (Å²) in [6.45, 7) is 0. The third kappa shape index (κ3) is 2.08. The molecule has 0 atom stereocenters. The van der Waals surface area contributed by atoms with E-state index in [0.717, 1.165) is 0 Å². The van der Waals surface area contributed by atoms with Crippen molar-refractivity contribution in [2.75, 3.05) is 0 Å². The zero-order chi connectivity index (χ0) is 12.5. The lowest BCUT2D eigenvalue weighted by molar-refractivity contribution is -0.177. The third-order valence-corrected chi connectivity index (χ3v) is 3.48. The fraction of sp³-hybridized carbons (Fsp3) is 0.462. The number of Topliss-reactive ketones (excluding diaryl/α,β-unsaturated/α-hetero) is 1. The number of hydrogen-bond acceptors (Lipinski definition) is 1. The Kier molecular flexibility index (Phi) is 2.98. The predicted octanol–water partition coefficient (Wildman–Crippen LogP) is 3.63. The van der Waals surface area contributed by atoms with Crippen molar-refractivity contribution in [2.24, 2.45) is 0 Å². The van der Waals surface area contributed by atoms with Crippen molar-refractivity contribution in [3.05, 3.63) is 35.9 Å². The van der Waals surface area contributed by atoms with Crippen LogP contribution in [0.3, 0.4) is 0 Å². The summed E-state index contributed by atoms with van der Waals surface area (Å²) < 4.78 is 38.0. The molecule has 0 unspecified atom stereocenters. The van der Waals surface area contributed by atoms with E-state index in [0.29, 0.717) is 31.2 Å². The van der Waals surface area contributed by atoms with Gasteiger partial charge < -0.3 is 0 Å². The number of alkyl halides is 3. The Morgan fingerprint density at radius 1 is 1.06 bits per heavy atom. The van der Waals surface area contributed by atoms with Crippen LogP contribution in [-0.4, -0.2) is 12.0 Å². The van der Waals surface area contributed by atoms with Crippen LogP contribution in [0.1, 0.15) is 31.2 Å². The highest BCUT2D eigenvalue weighted by molar-refractivity contribution is 5.94. The van der Waals surface area contributed by atoms with Crippen molar-refractivity contribution in [3.63, 3.8) is 0 Å². The van der Waals surface area contributed by atoms with Crippen LogP contribution in [0.4, 0.5) is 13.2 Å². The fourth-order valence-electron chi connectivity index (χ4n) is 2.65. The van der Waals surface area contributed by atoms with Gasteiger partial charge in [0.25, 0.3) is 0 Å². The van der Waals surface area contributed by atoms with Gasteiger partial charge in [-0.3, -0.25) is 4.79 Å². The molecule has 0 aromatic heterocycles. The molecule has 92 valence electrons. The summed E-state index contributed by atoms with van der Waals surface area (Å²) >= 11 is 0. The van der Waals surface area contributed by atoms with Gasteiger partial charge in [0, 0.05) is 0 Å². The number of carbonyl (C=O) groups is 1. The lowest BCUT2D eigenvalue weighted by Crippen LogP contribution is -2.42. The van der Waals surface area contributed by atoms with E-state index >= 15 is 0 Å². The zero-order valence-electron chi connectivity index (χ0n) is 9.26. The van der Waals surface area contributed by atoms with Gasteiger partial charge in [-0.15, -0.1) is 0 Å². The zero-order valence-corrected chi connectivity index (χ0v) is 9.26. The Balaban J connectivity index is 2.44. The first-order valence-electron chi connectivity index (χ1n) is 5.64. The van der Waals surface area contributed by atoms with Crippen molar-refractivity contribution in [2.45, 2.75) is 37.3 Å². The van der Waals surface area contributed by atoms with Crippen LogP contribution in [0.2, 0.25) is 0 Å². The first kappa shape index (κ1) is 12.1. The van der Waals surface area contributed by atoms with Crippen LogP contribution in [0.25, 0.3) is 0 Å². The molecule has 1 aliphatic carbocycles. The monoisotopic (exact) mass is 242 g/mol. The first-order valence-corrected chi connectivity index (χ1v) is 5.64. The van der Waals surface area contributed by atoms with Crippen molar-refractivity contribution < 1.29 is 18.0 Å². The molecule has 1 aromatic carbocycles. The highest BCUT2D eigenvalue weighted by Gasteiger charge is 2.54. The SMILES string of the molecule is O=C(C(F)(F)F)C1(c2ccccc2)CCCC1. The number of ketones is 1. The summed E-state index contributed by atoms with van der Waals surface area (Å²) in [7, 11) is 0. The highest BCUT2D eigenvalue weighted by atomic mass is 19.4. The Morgan fingerprint density at radius 2 is 1.59 bits per heavy atom. The average Bonchev–Trinajstić information content (AvgIpc) is 2.78. The molecule has 0 radical (unpaired) electrons. The minimum Gasteiger partial charge on any atom is -0.289 e. The molecule has 0 N–H and O–H groups in total. The standard InChI is InChI=1S/C13H13F3O/c14-13(15,16)11(17)12(8-4-5-9-12)10-6-2-1-3-7-10/h1-3,6-7H,4-5,8-9H2. The van der Waals surface area contributed by atoms with Gasteiger partial charge in [0.15, 0.2) is 0 Å². The molecule has 17 heavy (non-hydrogen) atoms. The lowest BCUT2D eigenvalue weighted by atomic mass is 9.75. The van der Waals surface area contributed by atoms with E-state index in [1.165, 1.54) is 0 Å². The summed E-state index contributed by atoms with van der Waals surface area (Å²) in [5.74, 6) is -1.59. The Morgan fingerprint density at radius 3 is 2.06 bits per heavy atom. The van der Waals surface area contributed by atoms with Crippen LogP contribution in [0.15, 0.2) is 30.3 Å². The van der Waals surface area contributed by atoms with Gasteiger partial charge in [-0.25, -0.2) is 0 Å². The highest BCUT2D eigenvalue weighted by Crippen LogP contribution is 2.45. The predicted molar refractivity (Wildman–Crippen MR) is 57.7 cm³/mol. The van der Waals surface area contributed by atoms with Crippen molar-refractivity contribution >= 4 is 5.78 Å². The molecule has 4 heteroatoms. The van der Waals surface area contributed by atoms with Gasteiger partial charge in [0.05, 0.1) is 5.41 Å². The number of halogens is 3. The summed E-state index contributed by atoms with van der Waals surface area (Å²) in [5.41, 5.74) is -0.834. The molecule has 0 amide bonds. The van der Waals surface area contributed by atoms with Crippen LogP contribution < -0.4 is 0 Å². The first-order chi connectivity index (χ1) is 7.97. The summed E-state index contributed by atoms with van der Waals surface area (Å²) in [5, 5.41) is 0. The number of carbonyl (C=O) groups excluding carboxylic acids is 1. The average molecular weight is 242 g/mol. The molecule has 0 heterocycles. The minimum absolute atomic E-state index is 0.301. The van der Waals surface area contributed by atoms with E-state index in [9.17, 15) is 18.0 Å². The van der Waals surface area contributed by atoms with E-state index in [1.807, 2.05) is 0 Å². The van der Waals surface area contributed by atoms with Crippen LogP contribution in [0, 0.1) is 0 Å². The van der Waals surface area contributed by atoms with Gasteiger partial charge in [0.1, 0.15) is 0 Å². The van der Waals surface area contributed by atoms with E-state index in [-0.39, 0.29) is 0 Å². The molecule has 1 saturated carbocycles. The molecular weight excluding hydrogens is 229 g/mol. The quantitative estimate of drug-likeness (QED) is 0.774. The number of benzene rings is 1. The number of rotatable bonds is 2. The van der Waals surface area contributed by atoms with Gasteiger partial charge in [-0.1, -0.05) is 43.2 Å². The molecule has 1 aromatic rings. The minimum atomic E-state index is -4.75. The Hall–Kier alpha value is -1.32. The van der Waals surface area contributed by atoms with Gasteiger partial charge >= 0.3 is 6.18 Å². The summed E-state index contributed by atoms with van der Waals surface area (Å²) in [6, 6.07) is 8.34. The summed E-state index contributed by atoms with van der Waals surface area (Å²) in [4.78, 5) is 11.7. The molecule has 0 bridgehead atoms. The van der Waals surface area contributed by atoms with Gasteiger partial charge in [0.2, 0.25) is 5.78 Å². The maximum absolute atomic E-state index is 12.7. The van der Waals surface area contributed by atoms with Crippen molar-refractivity contribution in [1.29, 1.82) is 0 Å². The van der Waals surface area contributed by atoms with Gasteiger partial charge in [-0.2, -0.15) is 13.2 Å². The largest absolute Gasteiger partial charge is 0.450 e. The molecule has 1 nitrogen and oxygen atoms in total. The molecule has 1 aliphatic rings. The second-order valence-electron chi connectivity index (χ2n) is 4.48. The van der Waals surface area contributed by atoms with Crippen LogP contribution >= 0.6 is 0 Å². The smallest absolute Gasteiger partial charge is 0.289 e. The van der Waals surface area contributed by atoms with Crippen molar-refractivity contribution in [1.82, 2.24) is 0 Å². The maximum atomic E-state index is 12.7. The van der Waals surface area contributed by atoms with Gasteiger partial charge in [-0.05, 0) is 18.4 Å². The van der Waals surface area contributed by atoms with Crippen LogP contribution in [-0.2, 0) is 10.2 Å². The second-order valence-corrected chi connectivity index (χ2v) is 4.48. The normalized spacial score (nSPS) is 19.2. The third-order valence-electron chi connectivity index (χ3n) is 3.48.